The highest BCUT2D eigenvalue weighted by Crippen LogP contribution is 2.33. The number of hydrogen-bond acceptors (Lipinski definition) is 5. The molecule has 170 valence electrons. The number of carbonyl (C=O) groups is 1. The smallest absolute Gasteiger partial charge is 0.313 e. The molecule has 5 N–H and O–H groups in total. The Morgan fingerprint density at radius 2 is 1.79 bits per heavy atom. The zero-order valence-electron chi connectivity index (χ0n) is 18.3. The predicted octanol–water partition coefficient (Wildman–Crippen LogP) is 4.06. The van der Waals surface area contributed by atoms with Gasteiger partial charge in [-0.1, -0.05) is 48.2 Å². The van der Waals surface area contributed by atoms with E-state index in [0.717, 1.165) is 56.1 Å². The minimum absolute atomic E-state index is 0.116. The van der Waals surface area contributed by atoms with Crippen molar-refractivity contribution in [2.24, 2.45) is 7.05 Å². The van der Waals surface area contributed by atoms with Crippen LogP contribution >= 0.6 is 11.8 Å². The molecule has 0 radical (unpaired) electrons. The summed E-state index contributed by atoms with van der Waals surface area (Å²) in [4.78, 5) is 15.2. The number of H-pyrrole nitrogens is 1. The number of nitrogens with two attached hydrogens (primary N) is 1. The summed E-state index contributed by atoms with van der Waals surface area (Å²) in [6, 6.07) is 24.4. The number of carboxylic acids is 1. The van der Waals surface area contributed by atoms with Crippen LogP contribution in [0.2, 0.25) is 0 Å². The Morgan fingerprint density at radius 1 is 1.00 bits per heavy atom. The Bertz CT molecular complexity index is 1490. The van der Waals surface area contributed by atoms with Gasteiger partial charge in [0.25, 0.3) is 0 Å². The molecule has 0 saturated heterocycles. The first-order chi connectivity index (χ1) is 16.5. The Balaban J connectivity index is 1.53. The van der Waals surface area contributed by atoms with Gasteiger partial charge in [-0.15, -0.1) is 5.10 Å². The molecule has 0 saturated carbocycles. The zero-order valence-corrected chi connectivity index (χ0v) is 19.1. The summed E-state index contributed by atoms with van der Waals surface area (Å²) >= 11 is 1.05. The average Bonchev–Trinajstić information content (AvgIpc) is 3.47. The lowest BCUT2D eigenvalue weighted by Gasteiger charge is -2.07. The largest absolute Gasteiger partial charge is 0.481 e. The van der Waals surface area contributed by atoms with E-state index in [4.69, 9.17) is 5.11 Å². The number of aromatic nitrogens is 4. The summed E-state index contributed by atoms with van der Waals surface area (Å²) in [5.74, 6) is -0.540. The van der Waals surface area contributed by atoms with E-state index >= 15 is 0 Å². The fourth-order valence-electron chi connectivity index (χ4n) is 4.01. The lowest BCUT2D eigenvalue weighted by atomic mass is 10.0. The van der Waals surface area contributed by atoms with Crippen molar-refractivity contribution in [2.75, 3.05) is 5.75 Å². The first kappa shape index (κ1) is 21.9. The van der Waals surface area contributed by atoms with Gasteiger partial charge in [0.2, 0.25) is 5.16 Å². The van der Waals surface area contributed by atoms with E-state index in [1.807, 2.05) is 30.3 Å². The molecule has 9 heteroatoms. The maximum Gasteiger partial charge on any atom is 0.313 e. The van der Waals surface area contributed by atoms with Gasteiger partial charge in [-0.05, 0) is 41.0 Å². The van der Waals surface area contributed by atoms with Crippen LogP contribution in [0.3, 0.4) is 0 Å². The van der Waals surface area contributed by atoms with Crippen LogP contribution in [-0.2, 0) is 11.8 Å². The third-order valence-electron chi connectivity index (χ3n) is 5.61. The maximum absolute atomic E-state index is 10.8. The highest BCUT2D eigenvalue weighted by molar-refractivity contribution is 7.99. The fourth-order valence-corrected chi connectivity index (χ4v) is 4.53. The predicted molar refractivity (Wildman–Crippen MR) is 131 cm³/mol. The monoisotopic (exact) mass is 472 g/mol. The van der Waals surface area contributed by atoms with Crippen LogP contribution in [0.25, 0.3) is 44.7 Å². The molecule has 0 spiro atoms. The lowest BCUT2D eigenvalue weighted by molar-refractivity contribution is -0.825. The quantitative estimate of drug-likeness (QED) is 0.161. The van der Waals surface area contributed by atoms with E-state index in [9.17, 15) is 10.0 Å². The molecule has 0 bridgehead atoms. The Kier molecular flexibility index (Phi) is 5.89. The number of hydrogen-bond donors (Lipinski definition) is 4. The number of rotatable bonds is 7. The van der Waals surface area contributed by atoms with Crippen molar-refractivity contribution in [1.82, 2.24) is 19.7 Å². The number of nitrogens with one attached hydrogen (secondary N) is 1. The van der Waals surface area contributed by atoms with Gasteiger partial charge in [-0.25, -0.2) is 10.2 Å². The second-order valence-corrected chi connectivity index (χ2v) is 8.79. The van der Waals surface area contributed by atoms with Gasteiger partial charge in [0.15, 0.2) is 11.5 Å². The normalized spacial score (nSPS) is 11.2. The number of carboxylic acid groups (broad SMARTS) is 1. The molecule has 5 aromatic rings. The molecule has 0 aliphatic heterocycles. The summed E-state index contributed by atoms with van der Waals surface area (Å²) < 4.78 is 2.18. The summed E-state index contributed by atoms with van der Waals surface area (Å²) in [5, 5.41) is 27.0. The number of thioether (sulfide) groups is 1. The summed E-state index contributed by atoms with van der Waals surface area (Å²) in [7, 11) is 2.06. The number of aromatic amines is 1. The Labute approximate surface area is 199 Å². The molecule has 2 heterocycles. The highest BCUT2D eigenvalue weighted by atomic mass is 32.2. The topological polar surface area (TPSA) is 121 Å². The van der Waals surface area contributed by atoms with Gasteiger partial charge < -0.3 is 9.67 Å². The van der Waals surface area contributed by atoms with Crippen LogP contribution < -0.4 is 5.48 Å². The minimum Gasteiger partial charge on any atom is -0.481 e. The van der Waals surface area contributed by atoms with Crippen LogP contribution in [0, 0.1) is 0 Å². The lowest BCUT2D eigenvalue weighted by Crippen LogP contribution is -2.73. The van der Waals surface area contributed by atoms with Crippen LogP contribution in [0.4, 0.5) is 5.69 Å². The number of nitrogens with zero attached hydrogens (tertiary/aromatic N) is 3. The maximum atomic E-state index is 10.8. The molecule has 8 nitrogen and oxygen atoms in total. The van der Waals surface area contributed by atoms with Crippen LogP contribution in [-0.4, -0.2) is 41.8 Å². The summed E-state index contributed by atoms with van der Waals surface area (Å²) in [5.41, 5.74) is 7.76. The molecule has 3 aromatic carbocycles. The number of benzene rings is 3. The standard InChI is InChI=1S/C25H21N5O3S/c1-30-21-8-7-16(9-18(21)13-22(30)15-5-3-2-4-6-15)17-10-19(12-20(11-17)29-33)24-26-25(28-27-24)34-14-23(31)32/h2-13,29,33H,14H2,1H3,(H,31,32)(H,26,27,28)/p+1. The van der Waals surface area contributed by atoms with Crippen LogP contribution in [0.15, 0.2) is 78.0 Å². The third-order valence-corrected chi connectivity index (χ3v) is 6.44. The van der Waals surface area contributed by atoms with Gasteiger partial charge in [-0.3, -0.25) is 9.89 Å². The van der Waals surface area contributed by atoms with E-state index in [1.54, 1.807) is 6.07 Å². The third kappa shape index (κ3) is 4.32. The SMILES string of the molecule is Cn1c(-c2ccccc2)cc2cc(-c3cc([NH2+]O)cc(-c4nc(SCC(=O)O)n[nH]4)c3)ccc21. The molecular weight excluding hydrogens is 450 g/mol. The molecule has 0 amide bonds. The van der Waals surface area contributed by atoms with Crippen molar-refractivity contribution in [3.8, 4) is 33.8 Å². The van der Waals surface area contributed by atoms with Gasteiger partial charge in [0.05, 0.1) is 5.75 Å². The molecule has 0 unspecified atom stereocenters. The first-order valence-corrected chi connectivity index (χ1v) is 11.6. The van der Waals surface area contributed by atoms with Gasteiger partial charge in [0.1, 0.15) is 0 Å². The van der Waals surface area contributed by atoms with Crippen molar-refractivity contribution >= 4 is 34.3 Å². The van der Waals surface area contributed by atoms with Crippen molar-refractivity contribution in [2.45, 2.75) is 5.16 Å². The molecule has 34 heavy (non-hydrogen) atoms. The minimum atomic E-state index is -0.928. The summed E-state index contributed by atoms with van der Waals surface area (Å²) in [6.07, 6.45) is 0. The van der Waals surface area contributed by atoms with E-state index in [-0.39, 0.29) is 5.75 Å². The summed E-state index contributed by atoms with van der Waals surface area (Å²) in [6.45, 7) is 0. The van der Waals surface area contributed by atoms with E-state index in [1.165, 1.54) is 0 Å². The number of aliphatic carboxylic acids is 1. The van der Waals surface area contributed by atoms with Crippen LogP contribution in [0.5, 0.6) is 0 Å². The molecule has 0 aliphatic carbocycles. The van der Waals surface area contributed by atoms with Gasteiger partial charge in [-0.2, -0.15) is 5.48 Å². The fraction of sp³-hybridized carbons (Fsp3) is 0.0800. The van der Waals surface area contributed by atoms with E-state index in [0.29, 0.717) is 16.7 Å². The second kappa shape index (κ2) is 9.14. The Hall–Kier alpha value is -3.92. The number of fused-ring (bicyclic) bond motifs is 1. The van der Waals surface area contributed by atoms with Crippen molar-refractivity contribution in [3.63, 3.8) is 0 Å². The van der Waals surface area contributed by atoms with Gasteiger partial charge in [0, 0.05) is 41.3 Å². The van der Waals surface area contributed by atoms with E-state index < -0.39 is 5.97 Å². The van der Waals surface area contributed by atoms with Crippen LogP contribution in [0.1, 0.15) is 0 Å². The number of quaternary nitrogens is 1. The first-order valence-electron chi connectivity index (χ1n) is 10.6. The molecular formula is C25H22N5O3S+. The van der Waals surface area contributed by atoms with Gasteiger partial charge >= 0.3 is 5.97 Å². The molecule has 2 aromatic heterocycles. The van der Waals surface area contributed by atoms with E-state index in [2.05, 4.69) is 63.2 Å². The number of aryl methyl sites for hydroxylation is 1. The average molecular weight is 473 g/mol. The second-order valence-electron chi connectivity index (χ2n) is 7.85. The molecule has 0 atom stereocenters. The molecule has 5 rings (SSSR count). The zero-order chi connectivity index (χ0) is 23.7. The van der Waals surface area contributed by atoms with Crippen molar-refractivity contribution < 1.29 is 20.6 Å². The Morgan fingerprint density at radius 3 is 2.56 bits per heavy atom. The molecule has 0 aliphatic rings. The molecule has 0 fully saturated rings. The van der Waals surface area contributed by atoms with Crippen molar-refractivity contribution in [1.29, 1.82) is 0 Å². The van der Waals surface area contributed by atoms with Crippen molar-refractivity contribution in [3.05, 3.63) is 72.8 Å². The highest BCUT2D eigenvalue weighted by Gasteiger charge is 2.14.